The number of aliphatic hydroxyl groups excluding tert-OH is 1. The normalized spacial score (nSPS) is 16.9. The Balaban J connectivity index is 2.46. The molecule has 24 heavy (non-hydrogen) atoms. The van der Waals surface area contributed by atoms with Crippen LogP contribution in [0.15, 0.2) is 0 Å². The summed E-state index contributed by atoms with van der Waals surface area (Å²) in [6, 6.07) is -0.240. The number of amides is 2. The highest BCUT2D eigenvalue weighted by Crippen LogP contribution is 2.35. The summed E-state index contributed by atoms with van der Waals surface area (Å²) < 4.78 is 5.37. The van der Waals surface area contributed by atoms with E-state index in [1.165, 1.54) is 0 Å². The summed E-state index contributed by atoms with van der Waals surface area (Å²) in [7, 11) is 0. The molecule has 0 aliphatic heterocycles. The van der Waals surface area contributed by atoms with Crippen molar-refractivity contribution in [3.8, 4) is 0 Å². The smallest absolute Gasteiger partial charge is 0.315 e. The fourth-order valence-corrected chi connectivity index (χ4v) is 2.85. The van der Waals surface area contributed by atoms with Crippen LogP contribution in [0.25, 0.3) is 0 Å². The van der Waals surface area contributed by atoms with Crippen LogP contribution >= 0.6 is 0 Å². The van der Waals surface area contributed by atoms with Gasteiger partial charge < -0.3 is 20.5 Å². The van der Waals surface area contributed by atoms with E-state index in [9.17, 15) is 9.59 Å². The van der Waals surface area contributed by atoms with E-state index in [4.69, 9.17) is 9.84 Å². The number of hydrogen-bond donors (Lipinski definition) is 3. The lowest BCUT2D eigenvalue weighted by molar-refractivity contribution is -0.157. The minimum Gasteiger partial charge on any atom is -0.460 e. The molecule has 0 aromatic heterocycles. The Morgan fingerprint density at radius 1 is 1.17 bits per heavy atom. The molecule has 0 aromatic carbocycles. The molecule has 6 nitrogen and oxygen atoms in total. The van der Waals surface area contributed by atoms with Gasteiger partial charge in [-0.3, -0.25) is 4.79 Å². The van der Waals surface area contributed by atoms with Crippen LogP contribution in [0.5, 0.6) is 0 Å². The lowest BCUT2D eigenvalue weighted by Crippen LogP contribution is -2.58. The highest BCUT2D eigenvalue weighted by atomic mass is 16.6. The number of hydrogen-bond acceptors (Lipinski definition) is 4. The molecule has 1 saturated carbocycles. The predicted octanol–water partition coefficient (Wildman–Crippen LogP) is 2.74. The number of rotatable bonds is 8. The second kappa shape index (κ2) is 8.19. The molecule has 2 amide bonds. The van der Waals surface area contributed by atoms with Crippen molar-refractivity contribution in [2.24, 2.45) is 5.41 Å². The standard InChI is InChI=1S/C18H34N2O4/c1-16(2,3)24-14(22)12-18(9-6-10-18)20-15(23)19-13-17(4,5)8-7-11-21/h21H,6-13H2,1-5H3,(H2,19,20,23). The number of urea groups is 1. The van der Waals surface area contributed by atoms with E-state index in [1.807, 2.05) is 20.8 Å². The summed E-state index contributed by atoms with van der Waals surface area (Å²) in [6.07, 6.45) is 4.38. The van der Waals surface area contributed by atoms with Gasteiger partial charge >= 0.3 is 12.0 Å². The number of esters is 1. The first-order chi connectivity index (χ1) is 11.0. The quantitative estimate of drug-likeness (QED) is 0.592. The fourth-order valence-electron chi connectivity index (χ4n) is 2.85. The van der Waals surface area contributed by atoms with Crippen LogP contribution in [-0.2, 0) is 9.53 Å². The third-order valence-corrected chi connectivity index (χ3v) is 4.33. The average Bonchev–Trinajstić information content (AvgIpc) is 2.38. The highest BCUT2D eigenvalue weighted by molar-refractivity contribution is 5.77. The van der Waals surface area contributed by atoms with Crippen molar-refractivity contribution in [1.82, 2.24) is 10.6 Å². The molecule has 3 N–H and O–H groups in total. The first kappa shape index (κ1) is 20.7. The minimum absolute atomic E-state index is 0.0714. The van der Waals surface area contributed by atoms with Crippen molar-refractivity contribution in [3.05, 3.63) is 0 Å². The summed E-state index contributed by atoms with van der Waals surface area (Å²) in [4.78, 5) is 24.3. The summed E-state index contributed by atoms with van der Waals surface area (Å²) >= 11 is 0. The Labute approximate surface area is 145 Å². The Hall–Kier alpha value is -1.30. The van der Waals surface area contributed by atoms with Gasteiger partial charge in [0.15, 0.2) is 0 Å². The summed E-state index contributed by atoms with van der Waals surface area (Å²) in [6.45, 7) is 10.3. The molecule has 1 rings (SSSR count). The molecule has 0 heterocycles. The van der Waals surface area contributed by atoms with E-state index in [0.717, 1.165) is 32.1 Å². The first-order valence-corrected chi connectivity index (χ1v) is 8.86. The zero-order valence-electron chi connectivity index (χ0n) is 15.8. The van der Waals surface area contributed by atoms with Crippen LogP contribution in [0.4, 0.5) is 4.79 Å². The van der Waals surface area contributed by atoms with Gasteiger partial charge in [0, 0.05) is 13.2 Å². The van der Waals surface area contributed by atoms with E-state index in [-0.39, 0.29) is 30.4 Å². The van der Waals surface area contributed by atoms with Crippen molar-refractivity contribution in [2.75, 3.05) is 13.2 Å². The minimum atomic E-state index is -0.513. The number of carbonyl (C=O) groups excluding carboxylic acids is 2. The van der Waals surface area contributed by atoms with Gasteiger partial charge in [-0.2, -0.15) is 0 Å². The Kier molecular flexibility index (Phi) is 7.08. The largest absolute Gasteiger partial charge is 0.460 e. The number of nitrogens with one attached hydrogen (secondary N) is 2. The molecule has 0 bridgehead atoms. The zero-order chi connectivity index (χ0) is 18.4. The number of carbonyl (C=O) groups is 2. The molecule has 0 spiro atoms. The van der Waals surface area contributed by atoms with Crippen LogP contribution < -0.4 is 10.6 Å². The fraction of sp³-hybridized carbons (Fsp3) is 0.889. The molecule has 1 fully saturated rings. The van der Waals surface area contributed by atoms with Gasteiger partial charge in [0.2, 0.25) is 0 Å². The van der Waals surface area contributed by atoms with Gasteiger partial charge in [0.1, 0.15) is 5.60 Å². The average molecular weight is 342 g/mol. The first-order valence-electron chi connectivity index (χ1n) is 8.86. The molecule has 6 heteroatoms. The van der Waals surface area contributed by atoms with Crippen molar-refractivity contribution < 1.29 is 19.4 Å². The monoisotopic (exact) mass is 342 g/mol. The van der Waals surface area contributed by atoms with Gasteiger partial charge in [0.05, 0.1) is 12.0 Å². The maximum Gasteiger partial charge on any atom is 0.315 e. The molecule has 0 radical (unpaired) electrons. The third-order valence-electron chi connectivity index (χ3n) is 4.33. The van der Waals surface area contributed by atoms with Crippen LogP contribution in [-0.4, -0.2) is 41.4 Å². The summed E-state index contributed by atoms with van der Waals surface area (Å²) in [5, 5.41) is 14.8. The van der Waals surface area contributed by atoms with Crippen molar-refractivity contribution in [3.63, 3.8) is 0 Å². The number of ether oxygens (including phenoxy) is 1. The predicted molar refractivity (Wildman–Crippen MR) is 93.7 cm³/mol. The summed E-state index contributed by atoms with van der Waals surface area (Å²) in [5.74, 6) is -0.272. The van der Waals surface area contributed by atoms with Gasteiger partial charge in [-0.25, -0.2) is 4.79 Å². The Morgan fingerprint density at radius 3 is 2.25 bits per heavy atom. The van der Waals surface area contributed by atoms with Crippen LogP contribution in [0.2, 0.25) is 0 Å². The SMILES string of the molecule is CC(C)(CCCO)CNC(=O)NC1(CC(=O)OC(C)(C)C)CCC1. The Morgan fingerprint density at radius 2 is 1.79 bits per heavy atom. The van der Waals surface area contributed by atoms with E-state index in [2.05, 4.69) is 24.5 Å². The molecule has 0 saturated heterocycles. The van der Waals surface area contributed by atoms with Gasteiger partial charge in [-0.1, -0.05) is 13.8 Å². The van der Waals surface area contributed by atoms with Crippen molar-refractivity contribution in [2.45, 2.75) is 84.3 Å². The molecule has 140 valence electrons. The molecular weight excluding hydrogens is 308 g/mol. The second-order valence-electron chi connectivity index (χ2n) is 8.70. The maximum absolute atomic E-state index is 12.2. The van der Waals surface area contributed by atoms with Gasteiger partial charge in [-0.15, -0.1) is 0 Å². The molecule has 0 atom stereocenters. The molecular formula is C18H34N2O4. The summed E-state index contributed by atoms with van der Waals surface area (Å²) in [5.41, 5.74) is -1.05. The molecule has 0 aromatic rings. The zero-order valence-corrected chi connectivity index (χ0v) is 15.8. The van der Waals surface area contributed by atoms with Gasteiger partial charge in [-0.05, 0) is 58.3 Å². The molecule has 1 aliphatic rings. The van der Waals surface area contributed by atoms with E-state index in [1.54, 1.807) is 0 Å². The third kappa shape index (κ3) is 7.51. The van der Waals surface area contributed by atoms with Gasteiger partial charge in [0.25, 0.3) is 0 Å². The van der Waals surface area contributed by atoms with E-state index < -0.39 is 11.1 Å². The topological polar surface area (TPSA) is 87.7 Å². The lowest BCUT2D eigenvalue weighted by atomic mass is 9.74. The maximum atomic E-state index is 12.2. The Bertz CT molecular complexity index is 437. The van der Waals surface area contributed by atoms with Crippen LogP contribution in [0.3, 0.4) is 0 Å². The van der Waals surface area contributed by atoms with Crippen LogP contribution in [0, 0.1) is 5.41 Å². The lowest BCUT2D eigenvalue weighted by Gasteiger charge is -2.42. The van der Waals surface area contributed by atoms with Crippen LogP contribution in [0.1, 0.15) is 73.1 Å². The number of aliphatic hydroxyl groups is 1. The van der Waals surface area contributed by atoms with Crippen molar-refractivity contribution in [1.29, 1.82) is 0 Å². The van der Waals surface area contributed by atoms with Crippen molar-refractivity contribution >= 4 is 12.0 Å². The van der Waals surface area contributed by atoms with E-state index in [0.29, 0.717) is 6.54 Å². The molecule has 0 unspecified atom stereocenters. The highest BCUT2D eigenvalue weighted by Gasteiger charge is 2.41. The molecule has 1 aliphatic carbocycles. The second-order valence-corrected chi connectivity index (χ2v) is 8.70. The van der Waals surface area contributed by atoms with E-state index >= 15 is 0 Å².